The van der Waals surface area contributed by atoms with Gasteiger partial charge in [0.25, 0.3) is 11.9 Å². The first-order chi connectivity index (χ1) is 7.90. The van der Waals surface area contributed by atoms with Gasteiger partial charge in [-0.25, -0.2) is 13.6 Å². The molecule has 1 aromatic rings. The number of hydrogen-bond donors (Lipinski definition) is 1. The first kappa shape index (κ1) is 12.7. The highest BCUT2D eigenvalue weighted by Crippen LogP contribution is 2.19. The lowest BCUT2D eigenvalue weighted by molar-refractivity contribution is -0.386. The van der Waals surface area contributed by atoms with Gasteiger partial charge in [-0.3, -0.25) is 14.9 Å². The number of aromatic amines is 1. The lowest BCUT2D eigenvalue weighted by Gasteiger charge is -2.03. The van der Waals surface area contributed by atoms with Crippen molar-refractivity contribution < 1.29 is 23.2 Å². The molecule has 0 aromatic carbocycles. The fourth-order valence-electron chi connectivity index (χ4n) is 1.13. The van der Waals surface area contributed by atoms with Crippen molar-refractivity contribution in [3.8, 4) is 0 Å². The van der Waals surface area contributed by atoms with Crippen molar-refractivity contribution in [3.05, 3.63) is 37.8 Å². The maximum atomic E-state index is 12.3. The number of nitrogens with one attached hydrogen (secondary N) is 1. The van der Waals surface area contributed by atoms with Crippen LogP contribution in [0, 0.1) is 10.1 Å². The number of H-pyrrole nitrogens is 1. The van der Waals surface area contributed by atoms with Crippen molar-refractivity contribution in [1.82, 2.24) is 4.98 Å². The number of nitrogens with zero attached hydrogens (tertiary/aromatic N) is 1. The van der Waals surface area contributed by atoms with Crippen LogP contribution in [0.2, 0.25) is 0 Å². The molecule has 0 unspecified atom stereocenters. The number of pyridine rings is 1. The van der Waals surface area contributed by atoms with Gasteiger partial charge in [0.2, 0.25) is 5.69 Å². The third-order valence-electron chi connectivity index (χ3n) is 1.89. The smallest absolute Gasteiger partial charge is 0.361 e. The van der Waals surface area contributed by atoms with Crippen LogP contribution in [0.15, 0.2) is 11.0 Å². The molecule has 0 bridgehead atoms. The predicted octanol–water partition coefficient (Wildman–Crippen LogP) is 1.01. The number of carbonyl (C=O) groups is 1. The average Bonchev–Trinajstić information content (AvgIpc) is 2.26. The normalized spacial score (nSPS) is 10.4. The second-order valence-corrected chi connectivity index (χ2v) is 2.85. The molecule has 0 aliphatic heterocycles. The van der Waals surface area contributed by atoms with Crippen LogP contribution in [-0.4, -0.2) is 23.0 Å². The minimum Gasteiger partial charge on any atom is -0.464 e. The minimum absolute atomic E-state index is 0.548. The van der Waals surface area contributed by atoms with E-state index in [1.165, 1.54) is 0 Å². The Kier molecular flexibility index (Phi) is 3.51. The number of rotatable bonds is 3. The Bertz CT molecular complexity index is 525. The van der Waals surface area contributed by atoms with Gasteiger partial charge in [-0.1, -0.05) is 0 Å². The van der Waals surface area contributed by atoms with Crippen LogP contribution in [0.5, 0.6) is 0 Å². The van der Waals surface area contributed by atoms with E-state index in [2.05, 4.69) is 4.74 Å². The van der Waals surface area contributed by atoms with Crippen molar-refractivity contribution in [2.75, 3.05) is 7.11 Å². The van der Waals surface area contributed by atoms with Crippen molar-refractivity contribution in [2.24, 2.45) is 0 Å². The Balaban J connectivity index is 3.57. The molecule has 0 saturated carbocycles. The number of methoxy groups -OCH3 is 1. The zero-order valence-corrected chi connectivity index (χ0v) is 8.40. The molecular weight excluding hydrogens is 242 g/mol. The third-order valence-corrected chi connectivity index (χ3v) is 1.89. The lowest BCUT2D eigenvalue weighted by atomic mass is 10.2. The van der Waals surface area contributed by atoms with Gasteiger partial charge < -0.3 is 9.72 Å². The summed E-state index contributed by atoms with van der Waals surface area (Å²) in [5.41, 5.74) is -4.62. The molecule has 92 valence electrons. The molecule has 1 N–H and O–H groups in total. The van der Waals surface area contributed by atoms with E-state index in [4.69, 9.17) is 0 Å². The van der Waals surface area contributed by atoms with Gasteiger partial charge >= 0.3 is 11.7 Å². The molecule has 0 aliphatic carbocycles. The molecule has 1 rings (SSSR count). The highest BCUT2D eigenvalue weighted by molar-refractivity contribution is 5.91. The Morgan fingerprint density at radius 2 is 2.18 bits per heavy atom. The summed E-state index contributed by atoms with van der Waals surface area (Å²) in [6.45, 7) is 0. The molecule has 1 heterocycles. The van der Waals surface area contributed by atoms with E-state index in [9.17, 15) is 28.5 Å². The lowest BCUT2D eigenvalue weighted by Crippen LogP contribution is -2.20. The number of esters is 1. The number of carbonyl (C=O) groups excluding carboxylic acids is 1. The van der Waals surface area contributed by atoms with Gasteiger partial charge in [0.15, 0.2) is 0 Å². The molecule has 0 saturated heterocycles. The van der Waals surface area contributed by atoms with Crippen LogP contribution in [0.25, 0.3) is 0 Å². The third kappa shape index (κ3) is 2.27. The number of alkyl halides is 2. The standard InChI is InChI=1S/C8H6F2N2O5/c1-17-8(14)4-5(12(15)16)6(13)3(2-11-4)7(9)10/h2,7H,1H3,(H,11,13). The van der Waals surface area contributed by atoms with E-state index in [-0.39, 0.29) is 0 Å². The Morgan fingerprint density at radius 1 is 1.59 bits per heavy atom. The largest absolute Gasteiger partial charge is 0.464 e. The molecule has 1 aromatic heterocycles. The first-order valence-corrected chi connectivity index (χ1v) is 4.16. The number of ether oxygens (including phenoxy) is 1. The summed E-state index contributed by atoms with van der Waals surface area (Å²) in [5.74, 6) is -1.19. The summed E-state index contributed by atoms with van der Waals surface area (Å²) in [5, 5.41) is 10.6. The molecule has 17 heavy (non-hydrogen) atoms. The van der Waals surface area contributed by atoms with E-state index >= 15 is 0 Å². The molecule has 0 amide bonds. The number of hydrogen-bond acceptors (Lipinski definition) is 5. The monoisotopic (exact) mass is 248 g/mol. The van der Waals surface area contributed by atoms with Crippen LogP contribution in [0.4, 0.5) is 14.5 Å². The van der Waals surface area contributed by atoms with Crippen molar-refractivity contribution in [1.29, 1.82) is 0 Å². The molecule has 0 radical (unpaired) electrons. The quantitative estimate of drug-likeness (QED) is 0.488. The molecule has 7 nitrogen and oxygen atoms in total. The summed E-state index contributed by atoms with van der Waals surface area (Å²) >= 11 is 0. The van der Waals surface area contributed by atoms with E-state index in [1.54, 1.807) is 0 Å². The summed E-state index contributed by atoms with van der Waals surface area (Å²) in [6.07, 6.45) is -2.63. The van der Waals surface area contributed by atoms with Gasteiger partial charge in [-0.15, -0.1) is 0 Å². The second-order valence-electron chi connectivity index (χ2n) is 2.85. The number of aromatic nitrogens is 1. The number of nitro groups is 1. The van der Waals surface area contributed by atoms with Crippen molar-refractivity contribution in [2.45, 2.75) is 6.43 Å². The zero-order chi connectivity index (χ0) is 13.2. The van der Waals surface area contributed by atoms with Crippen LogP contribution < -0.4 is 5.43 Å². The Labute approximate surface area is 92.2 Å². The van der Waals surface area contributed by atoms with Gasteiger partial charge in [0.1, 0.15) is 0 Å². The SMILES string of the molecule is COC(=O)c1[nH]cc(C(F)F)c(=O)c1[N+](=O)[O-]. The highest BCUT2D eigenvalue weighted by Gasteiger charge is 2.29. The van der Waals surface area contributed by atoms with Crippen molar-refractivity contribution in [3.63, 3.8) is 0 Å². The van der Waals surface area contributed by atoms with E-state index < -0.39 is 39.7 Å². The Morgan fingerprint density at radius 3 is 2.59 bits per heavy atom. The number of halogens is 2. The molecule has 0 aliphatic rings. The minimum atomic E-state index is -3.18. The van der Waals surface area contributed by atoms with Gasteiger partial charge in [0, 0.05) is 6.20 Å². The van der Waals surface area contributed by atoms with E-state index in [0.29, 0.717) is 6.20 Å². The fraction of sp³-hybridized carbons (Fsp3) is 0.250. The maximum absolute atomic E-state index is 12.3. The van der Waals surface area contributed by atoms with Gasteiger partial charge in [-0.05, 0) is 0 Å². The van der Waals surface area contributed by atoms with Crippen molar-refractivity contribution >= 4 is 11.7 Å². The highest BCUT2D eigenvalue weighted by atomic mass is 19.3. The van der Waals surface area contributed by atoms with Gasteiger partial charge in [-0.2, -0.15) is 0 Å². The maximum Gasteiger partial charge on any atom is 0.361 e. The Hall–Kier alpha value is -2.32. The molecule has 0 atom stereocenters. The molecular formula is C8H6F2N2O5. The summed E-state index contributed by atoms with van der Waals surface area (Å²) in [4.78, 5) is 33.8. The summed E-state index contributed by atoms with van der Waals surface area (Å²) in [6, 6.07) is 0. The second kappa shape index (κ2) is 4.68. The molecule has 0 fully saturated rings. The molecule has 9 heteroatoms. The van der Waals surface area contributed by atoms with Crippen LogP contribution >= 0.6 is 0 Å². The van der Waals surface area contributed by atoms with E-state index in [0.717, 1.165) is 7.11 Å². The van der Waals surface area contributed by atoms with Crippen LogP contribution in [-0.2, 0) is 4.74 Å². The first-order valence-electron chi connectivity index (χ1n) is 4.16. The molecule has 0 spiro atoms. The average molecular weight is 248 g/mol. The zero-order valence-electron chi connectivity index (χ0n) is 8.40. The fourth-order valence-corrected chi connectivity index (χ4v) is 1.13. The van der Waals surface area contributed by atoms with Crippen LogP contribution in [0.3, 0.4) is 0 Å². The van der Waals surface area contributed by atoms with Gasteiger partial charge in [0.05, 0.1) is 17.6 Å². The van der Waals surface area contributed by atoms with Crippen LogP contribution in [0.1, 0.15) is 22.5 Å². The predicted molar refractivity (Wildman–Crippen MR) is 50.0 cm³/mol. The summed E-state index contributed by atoms with van der Waals surface area (Å²) < 4.78 is 28.8. The van der Waals surface area contributed by atoms with E-state index in [1.807, 2.05) is 4.98 Å². The summed E-state index contributed by atoms with van der Waals surface area (Å²) in [7, 11) is 0.936. The topological polar surface area (TPSA) is 102 Å².